The predicted octanol–water partition coefficient (Wildman–Crippen LogP) is 4.65. The van der Waals surface area contributed by atoms with E-state index in [9.17, 15) is 0 Å². The number of ether oxygens (including phenoxy) is 1. The molecule has 0 fully saturated rings. The number of benzene rings is 1. The zero-order valence-electron chi connectivity index (χ0n) is 10.8. The molecule has 0 saturated carbocycles. The number of halogens is 2. The molecule has 0 spiro atoms. The second-order valence-corrected chi connectivity index (χ2v) is 5.52. The third-order valence-corrected chi connectivity index (χ3v) is 3.46. The van der Waals surface area contributed by atoms with E-state index in [1.54, 1.807) is 0 Å². The summed E-state index contributed by atoms with van der Waals surface area (Å²) in [6.45, 7) is 5.15. The molecule has 0 bridgehead atoms. The molecule has 1 aromatic rings. The van der Waals surface area contributed by atoms with E-state index in [1.165, 1.54) is 12.8 Å². The van der Waals surface area contributed by atoms with Gasteiger partial charge < -0.3 is 10.1 Å². The van der Waals surface area contributed by atoms with Gasteiger partial charge in [-0.1, -0.05) is 24.9 Å². The summed E-state index contributed by atoms with van der Waals surface area (Å²) in [5, 5.41) is 4.14. The first kappa shape index (κ1) is 15.8. The first-order chi connectivity index (χ1) is 8.74. The molecule has 0 aliphatic carbocycles. The minimum absolute atomic E-state index is 0.717. The van der Waals surface area contributed by atoms with Crippen molar-refractivity contribution in [2.24, 2.45) is 0 Å². The minimum Gasteiger partial charge on any atom is -0.492 e. The summed E-state index contributed by atoms with van der Waals surface area (Å²) in [6.07, 6.45) is 4.72. The molecule has 0 aliphatic heterocycles. The van der Waals surface area contributed by atoms with Gasteiger partial charge in [0, 0.05) is 5.02 Å². The van der Waals surface area contributed by atoms with Crippen molar-refractivity contribution in [3.8, 4) is 5.75 Å². The van der Waals surface area contributed by atoms with Crippen LogP contribution in [0.15, 0.2) is 22.7 Å². The molecule has 0 heterocycles. The van der Waals surface area contributed by atoms with Crippen molar-refractivity contribution in [2.75, 3.05) is 19.7 Å². The summed E-state index contributed by atoms with van der Waals surface area (Å²) in [5.41, 5.74) is 0. The van der Waals surface area contributed by atoms with Gasteiger partial charge in [0.2, 0.25) is 0 Å². The van der Waals surface area contributed by atoms with Crippen LogP contribution in [0.1, 0.15) is 32.6 Å². The summed E-state index contributed by atoms with van der Waals surface area (Å²) in [5.74, 6) is 0.860. The molecule has 18 heavy (non-hydrogen) atoms. The van der Waals surface area contributed by atoms with Gasteiger partial charge in [-0.25, -0.2) is 0 Å². The Morgan fingerprint density at radius 1 is 1.22 bits per heavy atom. The van der Waals surface area contributed by atoms with E-state index in [2.05, 4.69) is 28.2 Å². The van der Waals surface area contributed by atoms with Gasteiger partial charge in [-0.3, -0.25) is 0 Å². The van der Waals surface area contributed by atoms with Gasteiger partial charge in [0.25, 0.3) is 0 Å². The van der Waals surface area contributed by atoms with E-state index in [0.29, 0.717) is 5.02 Å². The van der Waals surface area contributed by atoms with E-state index in [1.807, 2.05) is 18.2 Å². The Balaban J connectivity index is 2.07. The number of unbranched alkanes of at least 4 members (excludes halogenated alkanes) is 2. The molecule has 0 atom stereocenters. The molecule has 1 N–H and O–H groups in total. The second-order valence-electron chi connectivity index (χ2n) is 4.23. The lowest BCUT2D eigenvalue weighted by Gasteiger charge is -2.08. The zero-order valence-corrected chi connectivity index (χ0v) is 13.2. The van der Waals surface area contributed by atoms with Crippen LogP contribution in [0.2, 0.25) is 5.02 Å². The summed E-state index contributed by atoms with van der Waals surface area (Å²) in [4.78, 5) is 0. The van der Waals surface area contributed by atoms with Crippen LogP contribution >= 0.6 is 27.5 Å². The zero-order chi connectivity index (χ0) is 13.2. The molecule has 0 aliphatic rings. The standard InChI is InChI=1S/C14H21BrClNO/c1-2-3-8-17-9-4-5-10-18-14-7-6-12(16)11-13(14)15/h6-7,11,17H,2-5,8-10H2,1H3. The molecule has 0 saturated heterocycles. The molecular weight excluding hydrogens is 314 g/mol. The lowest BCUT2D eigenvalue weighted by Crippen LogP contribution is -2.17. The van der Waals surface area contributed by atoms with Gasteiger partial charge in [-0.05, 0) is 66.5 Å². The highest BCUT2D eigenvalue weighted by Gasteiger charge is 2.01. The molecule has 0 unspecified atom stereocenters. The maximum atomic E-state index is 5.87. The van der Waals surface area contributed by atoms with E-state index in [4.69, 9.17) is 16.3 Å². The van der Waals surface area contributed by atoms with Gasteiger partial charge in [-0.2, -0.15) is 0 Å². The SMILES string of the molecule is CCCCNCCCCOc1ccc(Cl)cc1Br. The lowest BCUT2D eigenvalue weighted by atomic mass is 10.3. The summed E-state index contributed by atoms with van der Waals surface area (Å²) in [7, 11) is 0. The van der Waals surface area contributed by atoms with E-state index in [-0.39, 0.29) is 0 Å². The van der Waals surface area contributed by atoms with Crippen LogP contribution in [0.5, 0.6) is 5.75 Å². The van der Waals surface area contributed by atoms with Crippen molar-refractivity contribution >= 4 is 27.5 Å². The molecule has 102 valence electrons. The first-order valence-corrected chi connectivity index (χ1v) is 7.69. The maximum Gasteiger partial charge on any atom is 0.133 e. The van der Waals surface area contributed by atoms with E-state index in [0.717, 1.165) is 42.8 Å². The average Bonchev–Trinajstić information content (AvgIpc) is 2.35. The number of hydrogen-bond donors (Lipinski definition) is 1. The Hall–Kier alpha value is -0.250. The van der Waals surface area contributed by atoms with E-state index >= 15 is 0 Å². The topological polar surface area (TPSA) is 21.3 Å². The van der Waals surface area contributed by atoms with Crippen molar-refractivity contribution in [1.82, 2.24) is 5.32 Å². The fraction of sp³-hybridized carbons (Fsp3) is 0.571. The Labute approximate surface area is 123 Å². The molecule has 0 aromatic heterocycles. The summed E-state index contributed by atoms with van der Waals surface area (Å²) in [6, 6.07) is 5.59. The highest BCUT2D eigenvalue weighted by Crippen LogP contribution is 2.27. The number of rotatable bonds is 9. The van der Waals surface area contributed by atoms with Gasteiger partial charge >= 0.3 is 0 Å². The fourth-order valence-electron chi connectivity index (χ4n) is 1.55. The first-order valence-electron chi connectivity index (χ1n) is 6.52. The third-order valence-electron chi connectivity index (χ3n) is 2.61. The van der Waals surface area contributed by atoms with Crippen LogP contribution in [0.25, 0.3) is 0 Å². The van der Waals surface area contributed by atoms with Crippen molar-refractivity contribution in [1.29, 1.82) is 0 Å². The van der Waals surface area contributed by atoms with Crippen LogP contribution in [-0.4, -0.2) is 19.7 Å². The van der Waals surface area contributed by atoms with Gasteiger partial charge in [0.1, 0.15) is 5.75 Å². The van der Waals surface area contributed by atoms with Crippen LogP contribution in [0.4, 0.5) is 0 Å². The molecule has 1 rings (SSSR count). The average molecular weight is 335 g/mol. The van der Waals surface area contributed by atoms with Gasteiger partial charge in [0.05, 0.1) is 11.1 Å². The molecular formula is C14H21BrClNO. The van der Waals surface area contributed by atoms with E-state index < -0.39 is 0 Å². The number of hydrogen-bond acceptors (Lipinski definition) is 2. The lowest BCUT2D eigenvalue weighted by molar-refractivity contribution is 0.304. The highest BCUT2D eigenvalue weighted by atomic mass is 79.9. The largest absolute Gasteiger partial charge is 0.492 e. The Morgan fingerprint density at radius 2 is 2.00 bits per heavy atom. The third kappa shape index (κ3) is 6.62. The van der Waals surface area contributed by atoms with Crippen molar-refractivity contribution in [3.05, 3.63) is 27.7 Å². The smallest absolute Gasteiger partial charge is 0.133 e. The minimum atomic E-state index is 0.717. The Morgan fingerprint density at radius 3 is 2.72 bits per heavy atom. The Bertz CT molecular complexity index is 347. The quantitative estimate of drug-likeness (QED) is 0.664. The van der Waals surface area contributed by atoms with Crippen molar-refractivity contribution < 1.29 is 4.74 Å². The molecule has 0 amide bonds. The normalized spacial score (nSPS) is 10.6. The Kier molecular flexibility index (Phi) is 8.47. The fourth-order valence-corrected chi connectivity index (χ4v) is 2.35. The van der Waals surface area contributed by atoms with Crippen LogP contribution < -0.4 is 10.1 Å². The second kappa shape index (κ2) is 9.65. The number of nitrogens with one attached hydrogen (secondary N) is 1. The van der Waals surface area contributed by atoms with Crippen molar-refractivity contribution in [2.45, 2.75) is 32.6 Å². The monoisotopic (exact) mass is 333 g/mol. The van der Waals surface area contributed by atoms with Crippen LogP contribution in [0.3, 0.4) is 0 Å². The van der Waals surface area contributed by atoms with Crippen LogP contribution in [-0.2, 0) is 0 Å². The van der Waals surface area contributed by atoms with Crippen molar-refractivity contribution in [3.63, 3.8) is 0 Å². The summed E-state index contributed by atoms with van der Waals surface area (Å²) < 4.78 is 6.60. The van der Waals surface area contributed by atoms with Crippen LogP contribution in [0, 0.1) is 0 Å². The summed E-state index contributed by atoms with van der Waals surface area (Å²) >= 11 is 9.30. The molecule has 0 radical (unpaired) electrons. The highest BCUT2D eigenvalue weighted by molar-refractivity contribution is 9.10. The van der Waals surface area contributed by atoms with Gasteiger partial charge in [0.15, 0.2) is 0 Å². The van der Waals surface area contributed by atoms with Gasteiger partial charge in [-0.15, -0.1) is 0 Å². The predicted molar refractivity (Wildman–Crippen MR) is 81.7 cm³/mol. The molecule has 2 nitrogen and oxygen atoms in total. The molecule has 1 aromatic carbocycles. The maximum absolute atomic E-state index is 5.87. The molecule has 4 heteroatoms.